The maximum absolute atomic E-state index is 13.0. The van der Waals surface area contributed by atoms with Gasteiger partial charge >= 0.3 is 0 Å². The van der Waals surface area contributed by atoms with E-state index in [4.69, 9.17) is 5.73 Å². The molecule has 2 nitrogen and oxygen atoms in total. The van der Waals surface area contributed by atoms with E-state index in [2.05, 4.69) is 12.2 Å². The highest BCUT2D eigenvalue weighted by Crippen LogP contribution is 2.10. The van der Waals surface area contributed by atoms with Crippen LogP contribution in [0, 0.1) is 11.6 Å². The van der Waals surface area contributed by atoms with E-state index in [0.717, 1.165) is 25.6 Å². The highest BCUT2D eigenvalue weighted by atomic mass is 19.1. The molecule has 1 rings (SSSR count). The molecule has 3 N–H and O–H groups in total. The Balaban J connectivity index is 2.21. The van der Waals surface area contributed by atoms with E-state index in [1.165, 1.54) is 31.4 Å². The molecule has 0 heterocycles. The molecule has 19 heavy (non-hydrogen) atoms. The summed E-state index contributed by atoms with van der Waals surface area (Å²) >= 11 is 0. The first-order chi connectivity index (χ1) is 9.11. The van der Waals surface area contributed by atoms with Gasteiger partial charge in [0.25, 0.3) is 0 Å². The summed E-state index contributed by atoms with van der Waals surface area (Å²) in [5.41, 5.74) is 6.58. The van der Waals surface area contributed by atoms with Crippen molar-refractivity contribution in [2.45, 2.75) is 45.1 Å². The Bertz CT molecular complexity index is 349. The van der Waals surface area contributed by atoms with Crippen LogP contribution in [-0.4, -0.2) is 19.1 Å². The molecular weight excluding hydrogens is 246 g/mol. The Hall–Kier alpha value is -1.00. The summed E-state index contributed by atoms with van der Waals surface area (Å²) in [4.78, 5) is 0. The lowest BCUT2D eigenvalue weighted by Crippen LogP contribution is -2.29. The number of benzene rings is 1. The number of unbranched alkanes of at least 4 members (excludes halogenated alkanes) is 2. The van der Waals surface area contributed by atoms with Crippen molar-refractivity contribution in [3.05, 3.63) is 35.4 Å². The van der Waals surface area contributed by atoms with Crippen molar-refractivity contribution in [1.29, 1.82) is 0 Å². The highest BCUT2D eigenvalue weighted by Gasteiger charge is 2.06. The van der Waals surface area contributed by atoms with Crippen LogP contribution < -0.4 is 11.1 Å². The maximum Gasteiger partial charge on any atom is 0.126 e. The molecular formula is C15H24F2N2. The van der Waals surface area contributed by atoms with Crippen molar-refractivity contribution in [3.8, 4) is 0 Å². The van der Waals surface area contributed by atoms with Crippen molar-refractivity contribution in [2.75, 3.05) is 13.1 Å². The minimum absolute atomic E-state index is 0.0696. The van der Waals surface area contributed by atoms with Gasteiger partial charge in [-0.15, -0.1) is 0 Å². The minimum Gasteiger partial charge on any atom is -0.327 e. The standard InChI is InChI=1S/C15H24F2N2/c1-2-3-4-6-19-7-5-15(18)10-12-8-13(16)11-14(17)9-12/h8-9,11,15,19H,2-7,10,18H2,1H3/t15-/m1/s1. The second-order valence-electron chi connectivity index (χ2n) is 4.99. The molecule has 0 aliphatic rings. The molecule has 0 aromatic heterocycles. The van der Waals surface area contributed by atoms with E-state index in [1.807, 2.05) is 0 Å². The van der Waals surface area contributed by atoms with E-state index in [-0.39, 0.29) is 6.04 Å². The summed E-state index contributed by atoms with van der Waals surface area (Å²) in [6, 6.07) is 3.50. The first-order valence-electron chi connectivity index (χ1n) is 7.03. The zero-order valence-corrected chi connectivity index (χ0v) is 11.6. The van der Waals surface area contributed by atoms with Gasteiger partial charge in [0.15, 0.2) is 0 Å². The molecule has 0 aliphatic heterocycles. The molecule has 108 valence electrons. The first kappa shape index (κ1) is 16.1. The lowest BCUT2D eigenvalue weighted by Gasteiger charge is -2.12. The number of halogens is 2. The lowest BCUT2D eigenvalue weighted by atomic mass is 10.0. The van der Waals surface area contributed by atoms with Crippen LogP contribution in [0.2, 0.25) is 0 Å². The van der Waals surface area contributed by atoms with E-state index in [0.29, 0.717) is 12.0 Å². The molecule has 0 aliphatic carbocycles. The van der Waals surface area contributed by atoms with Crippen LogP contribution >= 0.6 is 0 Å². The Labute approximate surface area is 114 Å². The van der Waals surface area contributed by atoms with Crippen LogP contribution in [0.5, 0.6) is 0 Å². The topological polar surface area (TPSA) is 38.0 Å². The highest BCUT2D eigenvalue weighted by molar-refractivity contribution is 5.18. The van der Waals surface area contributed by atoms with Gasteiger partial charge < -0.3 is 11.1 Å². The average molecular weight is 270 g/mol. The molecule has 0 saturated carbocycles. The van der Waals surface area contributed by atoms with Gasteiger partial charge in [-0.3, -0.25) is 0 Å². The monoisotopic (exact) mass is 270 g/mol. The van der Waals surface area contributed by atoms with Gasteiger partial charge in [0, 0.05) is 12.1 Å². The van der Waals surface area contributed by atoms with E-state index >= 15 is 0 Å². The fraction of sp³-hybridized carbons (Fsp3) is 0.600. The summed E-state index contributed by atoms with van der Waals surface area (Å²) in [6.45, 7) is 4.03. The van der Waals surface area contributed by atoms with Crippen molar-refractivity contribution < 1.29 is 8.78 Å². The predicted octanol–water partition coefficient (Wildman–Crippen LogP) is 3.00. The van der Waals surface area contributed by atoms with Crippen molar-refractivity contribution in [3.63, 3.8) is 0 Å². The normalized spacial score (nSPS) is 12.6. The Morgan fingerprint density at radius 3 is 2.42 bits per heavy atom. The number of rotatable bonds is 9. The third kappa shape index (κ3) is 7.23. The summed E-state index contributed by atoms with van der Waals surface area (Å²) in [7, 11) is 0. The van der Waals surface area contributed by atoms with Crippen LogP contribution in [0.1, 0.15) is 38.2 Å². The molecule has 1 aromatic carbocycles. The number of hydrogen-bond donors (Lipinski definition) is 2. The van der Waals surface area contributed by atoms with Crippen LogP contribution in [0.15, 0.2) is 18.2 Å². The van der Waals surface area contributed by atoms with Crippen molar-refractivity contribution in [2.24, 2.45) is 5.73 Å². The second kappa shape index (κ2) is 8.99. The van der Waals surface area contributed by atoms with Gasteiger partial charge in [-0.1, -0.05) is 19.8 Å². The second-order valence-corrected chi connectivity index (χ2v) is 4.99. The molecule has 0 amide bonds. The van der Waals surface area contributed by atoms with Gasteiger partial charge in [0.05, 0.1) is 0 Å². The molecule has 0 bridgehead atoms. The predicted molar refractivity (Wildman–Crippen MR) is 75.0 cm³/mol. The molecule has 0 fully saturated rings. The van der Waals surface area contributed by atoms with Gasteiger partial charge in [-0.2, -0.15) is 0 Å². The minimum atomic E-state index is -0.542. The molecule has 0 saturated heterocycles. The summed E-state index contributed by atoms with van der Waals surface area (Å²) in [6.07, 6.45) is 4.95. The van der Waals surface area contributed by atoms with E-state index in [1.54, 1.807) is 0 Å². The van der Waals surface area contributed by atoms with Crippen LogP contribution in [0.25, 0.3) is 0 Å². The maximum atomic E-state index is 13.0. The first-order valence-corrected chi connectivity index (χ1v) is 7.03. The third-order valence-electron chi connectivity index (χ3n) is 3.07. The van der Waals surface area contributed by atoms with Crippen molar-refractivity contribution in [1.82, 2.24) is 5.32 Å². The Kier molecular flexibility index (Phi) is 7.60. The Morgan fingerprint density at radius 1 is 1.11 bits per heavy atom. The number of nitrogens with two attached hydrogens (primary N) is 1. The fourth-order valence-electron chi connectivity index (χ4n) is 2.05. The molecule has 0 spiro atoms. The zero-order chi connectivity index (χ0) is 14.1. The van der Waals surface area contributed by atoms with Crippen molar-refractivity contribution >= 4 is 0 Å². The quantitative estimate of drug-likeness (QED) is 0.677. The summed E-state index contributed by atoms with van der Waals surface area (Å²) in [5, 5.41) is 3.33. The van der Waals surface area contributed by atoms with Gasteiger partial charge in [-0.25, -0.2) is 8.78 Å². The third-order valence-corrected chi connectivity index (χ3v) is 3.07. The number of hydrogen-bond acceptors (Lipinski definition) is 2. The number of nitrogens with one attached hydrogen (secondary N) is 1. The largest absolute Gasteiger partial charge is 0.327 e. The lowest BCUT2D eigenvalue weighted by molar-refractivity contribution is 0.538. The van der Waals surface area contributed by atoms with Crippen LogP contribution in [0.3, 0.4) is 0 Å². The van der Waals surface area contributed by atoms with Gasteiger partial charge in [0.2, 0.25) is 0 Å². The molecule has 0 radical (unpaired) electrons. The fourth-order valence-corrected chi connectivity index (χ4v) is 2.05. The van der Waals surface area contributed by atoms with Gasteiger partial charge in [-0.05, 0) is 50.0 Å². The smallest absolute Gasteiger partial charge is 0.126 e. The van der Waals surface area contributed by atoms with Crippen LogP contribution in [-0.2, 0) is 6.42 Å². The molecule has 1 aromatic rings. The summed E-state index contributed by atoms with van der Waals surface area (Å²) < 4.78 is 26.0. The van der Waals surface area contributed by atoms with Crippen LogP contribution in [0.4, 0.5) is 8.78 Å². The summed E-state index contributed by atoms with van der Waals surface area (Å²) in [5.74, 6) is -1.08. The Morgan fingerprint density at radius 2 is 1.79 bits per heavy atom. The van der Waals surface area contributed by atoms with E-state index < -0.39 is 11.6 Å². The molecule has 0 unspecified atom stereocenters. The molecule has 1 atom stereocenters. The average Bonchev–Trinajstić information content (AvgIpc) is 2.32. The molecule has 4 heteroatoms. The zero-order valence-electron chi connectivity index (χ0n) is 11.6. The van der Waals surface area contributed by atoms with E-state index in [9.17, 15) is 8.78 Å². The van der Waals surface area contributed by atoms with Gasteiger partial charge in [0.1, 0.15) is 11.6 Å². The SMILES string of the molecule is CCCCCNCC[C@@H](N)Cc1cc(F)cc(F)c1.